The number of carbonyl (C=O) groups excluding carboxylic acids is 2. The molecule has 0 aliphatic carbocycles. The molecular weight excluding hydrogens is 813 g/mol. The number of hydrogen-bond donors (Lipinski definition) is 0. The predicted molar refractivity (Wildman–Crippen MR) is 288 cm³/mol. The first-order chi connectivity index (χ1) is 32.6. The number of carbonyl (C=O) groups is 2. The van der Waals surface area contributed by atoms with Crippen molar-refractivity contribution in [3.63, 3.8) is 0 Å². The maximum absolute atomic E-state index is 12.8. The van der Waals surface area contributed by atoms with Crippen molar-refractivity contribution in [2.45, 2.75) is 245 Å². The van der Waals surface area contributed by atoms with Gasteiger partial charge < -0.3 is 14.2 Å². The van der Waals surface area contributed by atoms with Crippen LogP contribution >= 0.6 is 0 Å². The highest BCUT2D eigenvalue weighted by Crippen LogP contribution is 2.15. The molecule has 66 heavy (non-hydrogen) atoms. The van der Waals surface area contributed by atoms with Gasteiger partial charge in [0.2, 0.25) is 0 Å². The predicted octanol–water partition coefficient (Wildman–Crippen LogP) is 18.8. The van der Waals surface area contributed by atoms with E-state index in [1.54, 1.807) is 0 Å². The highest BCUT2D eigenvalue weighted by atomic mass is 16.6. The van der Waals surface area contributed by atoms with Gasteiger partial charge in [0, 0.05) is 19.4 Å². The third-order valence-electron chi connectivity index (χ3n) is 11.3. The molecular formula is C61H102O5. The lowest BCUT2D eigenvalue weighted by Gasteiger charge is -2.18. The molecule has 5 nitrogen and oxygen atoms in total. The van der Waals surface area contributed by atoms with E-state index in [2.05, 4.69) is 130 Å². The lowest BCUT2D eigenvalue weighted by Crippen LogP contribution is -2.30. The molecule has 0 aliphatic rings. The highest BCUT2D eigenvalue weighted by molar-refractivity contribution is 5.70. The molecule has 0 amide bonds. The van der Waals surface area contributed by atoms with Gasteiger partial charge >= 0.3 is 11.9 Å². The molecule has 0 N–H and O–H groups in total. The van der Waals surface area contributed by atoms with Crippen molar-refractivity contribution in [2.24, 2.45) is 0 Å². The Hall–Kier alpha value is -3.44. The first kappa shape index (κ1) is 62.6. The summed E-state index contributed by atoms with van der Waals surface area (Å²) in [6.45, 7) is 7.48. The van der Waals surface area contributed by atoms with Crippen molar-refractivity contribution in [2.75, 3.05) is 19.8 Å². The zero-order valence-electron chi connectivity index (χ0n) is 43.2. The van der Waals surface area contributed by atoms with E-state index in [-0.39, 0.29) is 25.2 Å². The lowest BCUT2D eigenvalue weighted by molar-refractivity contribution is -0.163. The Morgan fingerprint density at radius 1 is 0.348 bits per heavy atom. The fourth-order valence-corrected chi connectivity index (χ4v) is 7.29. The fourth-order valence-electron chi connectivity index (χ4n) is 7.29. The molecule has 376 valence electrons. The summed E-state index contributed by atoms with van der Waals surface area (Å²) >= 11 is 0. The van der Waals surface area contributed by atoms with Crippen LogP contribution < -0.4 is 0 Å². The van der Waals surface area contributed by atoms with Crippen molar-refractivity contribution in [1.82, 2.24) is 0 Å². The van der Waals surface area contributed by atoms with Gasteiger partial charge in [-0.15, -0.1) is 0 Å². The molecule has 0 aromatic heterocycles. The standard InChI is InChI=1S/C61H102O5/c1-4-7-10-13-16-19-22-25-28-30-32-35-38-41-44-47-50-53-56-64-57-59(66-61(63)55-52-49-46-43-40-37-33-27-24-21-18-15-12-9-6-3)58-65-60(62)54-51-48-45-42-39-36-34-31-29-26-23-20-17-14-11-8-5-2/h7-8,10-11,16-17,19-20,25-26,28-29,32,34-36,41,44,59H,4-6,9,12-15,18,21-24,27,30-31,33,37-40,42-43,45-58H2,1-3H3/b10-7-,11-8-,19-16-,20-17-,28-25-,29-26-,35-32-,36-34-,44-41-. The van der Waals surface area contributed by atoms with Gasteiger partial charge in [-0.1, -0.05) is 233 Å². The molecule has 0 rings (SSSR count). The summed E-state index contributed by atoms with van der Waals surface area (Å²) in [5.41, 5.74) is 0. The highest BCUT2D eigenvalue weighted by Gasteiger charge is 2.17. The molecule has 1 atom stereocenters. The zero-order valence-corrected chi connectivity index (χ0v) is 43.2. The number of ether oxygens (including phenoxy) is 3. The molecule has 0 radical (unpaired) electrons. The third-order valence-corrected chi connectivity index (χ3v) is 11.3. The van der Waals surface area contributed by atoms with Crippen LogP contribution in [0.2, 0.25) is 0 Å². The van der Waals surface area contributed by atoms with Gasteiger partial charge in [0.05, 0.1) is 6.61 Å². The molecule has 0 heterocycles. The Bertz CT molecular complexity index is 1310. The molecule has 1 unspecified atom stereocenters. The fraction of sp³-hybridized carbons (Fsp3) is 0.672. The minimum absolute atomic E-state index is 0.0509. The number of unbranched alkanes of at least 4 members (excludes halogenated alkanes) is 20. The average molecular weight is 915 g/mol. The molecule has 0 bridgehead atoms. The molecule has 0 fully saturated rings. The van der Waals surface area contributed by atoms with E-state index < -0.39 is 6.10 Å². The minimum atomic E-state index is -0.574. The minimum Gasteiger partial charge on any atom is -0.462 e. The summed E-state index contributed by atoms with van der Waals surface area (Å²) < 4.78 is 17.4. The quantitative estimate of drug-likeness (QED) is 0.0346. The van der Waals surface area contributed by atoms with Crippen molar-refractivity contribution in [1.29, 1.82) is 0 Å². The maximum atomic E-state index is 12.8. The molecule has 5 heteroatoms. The second-order valence-corrected chi connectivity index (χ2v) is 17.7. The van der Waals surface area contributed by atoms with Crippen LogP contribution in [-0.2, 0) is 23.8 Å². The monoisotopic (exact) mass is 915 g/mol. The summed E-state index contributed by atoms with van der Waals surface area (Å²) in [5.74, 6) is -0.449. The smallest absolute Gasteiger partial charge is 0.306 e. The third kappa shape index (κ3) is 53.2. The Balaban J connectivity index is 4.41. The van der Waals surface area contributed by atoms with Gasteiger partial charge in [-0.3, -0.25) is 9.59 Å². The van der Waals surface area contributed by atoms with Crippen LogP contribution in [0.1, 0.15) is 239 Å². The van der Waals surface area contributed by atoms with Crippen molar-refractivity contribution in [3.8, 4) is 0 Å². The Labute approximate surface area is 408 Å². The number of rotatable bonds is 49. The second-order valence-electron chi connectivity index (χ2n) is 17.7. The first-order valence-electron chi connectivity index (χ1n) is 27.4. The van der Waals surface area contributed by atoms with Crippen molar-refractivity contribution in [3.05, 3.63) is 109 Å². The van der Waals surface area contributed by atoms with Gasteiger partial charge in [-0.2, -0.15) is 0 Å². The topological polar surface area (TPSA) is 61.8 Å². The van der Waals surface area contributed by atoms with Crippen LogP contribution in [-0.4, -0.2) is 37.9 Å². The summed E-state index contributed by atoms with van der Waals surface area (Å²) in [4.78, 5) is 25.5. The zero-order chi connectivity index (χ0) is 47.7. The summed E-state index contributed by atoms with van der Waals surface area (Å²) in [7, 11) is 0. The lowest BCUT2D eigenvalue weighted by atomic mass is 10.0. The van der Waals surface area contributed by atoms with Gasteiger partial charge in [-0.25, -0.2) is 0 Å². The van der Waals surface area contributed by atoms with Crippen LogP contribution in [0.3, 0.4) is 0 Å². The SMILES string of the molecule is CC/C=C\C/C=C\C/C=C\C/C=C\C/C=C\CCCCOCC(COC(=O)CCCCCC/C=C\C/C=C\C/C=C\C/C=C\CC)OC(=O)CCCCCCCCCCCCCCCCC. The summed E-state index contributed by atoms with van der Waals surface area (Å²) in [5, 5.41) is 0. The van der Waals surface area contributed by atoms with Gasteiger partial charge in [-0.05, 0) is 103 Å². The summed E-state index contributed by atoms with van der Waals surface area (Å²) in [6, 6.07) is 0. The van der Waals surface area contributed by atoms with Gasteiger partial charge in [0.15, 0.2) is 6.10 Å². The molecule has 0 spiro atoms. The van der Waals surface area contributed by atoms with Gasteiger partial charge in [0.25, 0.3) is 0 Å². The normalized spacial score (nSPS) is 13.1. The van der Waals surface area contributed by atoms with E-state index in [1.165, 1.54) is 83.5 Å². The number of hydrogen-bond acceptors (Lipinski definition) is 5. The Kier molecular flexibility index (Phi) is 53.0. The van der Waals surface area contributed by atoms with E-state index >= 15 is 0 Å². The van der Waals surface area contributed by atoms with Crippen molar-refractivity contribution >= 4 is 11.9 Å². The van der Waals surface area contributed by atoms with Crippen LogP contribution in [0.25, 0.3) is 0 Å². The van der Waals surface area contributed by atoms with Crippen molar-refractivity contribution < 1.29 is 23.8 Å². The molecule has 0 aliphatic heterocycles. The number of esters is 2. The first-order valence-corrected chi connectivity index (χ1v) is 27.4. The second kappa shape index (κ2) is 55.9. The van der Waals surface area contributed by atoms with Crippen LogP contribution in [0.4, 0.5) is 0 Å². The van der Waals surface area contributed by atoms with Crippen LogP contribution in [0.15, 0.2) is 109 Å². The Morgan fingerprint density at radius 2 is 0.682 bits per heavy atom. The maximum Gasteiger partial charge on any atom is 0.306 e. The Morgan fingerprint density at radius 3 is 1.09 bits per heavy atom. The van der Waals surface area contributed by atoms with E-state index in [9.17, 15) is 9.59 Å². The molecule has 0 saturated carbocycles. The largest absolute Gasteiger partial charge is 0.462 e. The van der Waals surface area contributed by atoms with Gasteiger partial charge in [0.1, 0.15) is 6.61 Å². The summed E-state index contributed by atoms with van der Waals surface area (Å²) in [6.07, 6.45) is 76.8. The molecule has 0 aromatic carbocycles. The van der Waals surface area contributed by atoms with E-state index in [0.717, 1.165) is 122 Å². The van der Waals surface area contributed by atoms with Crippen LogP contribution in [0.5, 0.6) is 0 Å². The average Bonchev–Trinajstić information content (AvgIpc) is 3.32. The van der Waals surface area contributed by atoms with E-state index in [1.807, 2.05) is 0 Å². The van der Waals surface area contributed by atoms with E-state index in [0.29, 0.717) is 19.4 Å². The van der Waals surface area contributed by atoms with E-state index in [4.69, 9.17) is 14.2 Å². The number of allylic oxidation sites excluding steroid dienone is 18. The van der Waals surface area contributed by atoms with Crippen LogP contribution in [0, 0.1) is 0 Å². The molecule has 0 saturated heterocycles. The molecule has 0 aromatic rings.